The third-order valence-corrected chi connectivity index (χ3v) is 6.86. The van der Waals surface area contributed by atoms with E-state index in [0.29, 0.717) is 30.4 Å². The van der Waals surface area contributed by atoms with Crippen molar-refractivity contribution in [2.75, 3.05) is 29.9 Å². The zero-order valence-electron chi connectivity index (χ0n) is 20.2. The zero-order chi connectivity index (χ0) is 24.9. The van der Waals surface area contributed by atoms with Crippen molar-refractivity contribution >= 4 is 29.1 Å². The molecule has 2 aliphatic heterocycles. The van der Waals surface area contributed by atoms with Gasteiger partial charge in [0.1, 0.15) is 18.7 Å². The summed E-state index contributed by atoms with van der Waals surface area (Å²) in [6, 6.07) is 17.4. The molecule has 1 N–H and O–H groups in total. The Morgan fingerprint density at radius 2 is 1.78 bits per heavy atom. The van der Waals surface area contributed by atoms with Crippen LogP contribution in [0.4, 0.5) is 11.4 Å². The molecule has 0 radical (unpaired) electrons. The molecule has 0 aliphatic carbocycles. The topological polar surface area (TPSA) is 100 Å². The molecule has 5 rings (SSSR count). The van der Waals surface area contributed by atoms with Crippen molar-refractivity contribution < 1.29 is 14.4 Å². The van der Waals surface area contributed by atoms with Crippen LogP contribution < -0.4 is 10.2 Å². The van der Waals surface area contributed by atoms with Crippen LogP contribution in [0.15, 0.2) is 60.9 Å². The molecule has 3 heterocycles. The SMILES string of the molecule is O=C1CN(C(=O)CCC(=O)N2CCCC(Cc3nncn3Cc3ccccc3)C2)c2ccccc2N1. The van der Waals surface area contributed by atoms with E-state index in [0.717, 1.165) is 31.6 Å². The molecular formula is C27H30N6O3. The molecule has 2 aromatic carbocycles. The number of nitrogens with zero attached hydrogens (tertiary/aromatic N) is 5. The lowest BCUT2D eigenvalue weighted by Crippen LogP contribution is -2.43. The second-order valence-electron chi connectivity index (χ2n) is 9.46. The maximum Gasteiger partial charge on any atom is 0.244 e. The summed E-state index contributed by atoms with van der Waals surface area (Å²) in [6.07, 6.45) is 4.69. The highest BCUT2D eigenvalue weighted by Crippen LogP contribution is 2.29. The number of rotatable bonds is 7. The van der Waals surface area contributed by atoms with Gasteiger partial charge in [-0.25, -0.2) is 0 Å². The van der Waals surface area contributed by atoms with Gasteiger partial charge in [-0.05, 0) is 36.5 Å². The van der Waals surface area contributed by atoms with E-state index in [9.17, 15) is 14.4 Å². The number of benzene rings is 2. The lowest BCUT2D eigenvalue weighted by atomic mass is 9.94. The molecule has 0 bridgehead atoms. The number of piperidine rings is 1. The van der Waals surface area contributed by atoms with Crippen molar-refractivity contribution in [3.8, 4) is 0 Å². The first kappa shape index (κ1) is 23.7. The summed E-state index contributed by atoms with van der Waals surface area (Å²) in [5.41, 5.74) is 2.48. The molecule has 0 saturated carbocycles. The van der Waals surface area contributed by atoms with Gasteiger partial charge < -0.3 is 19.7 Å². The first-order chi connectivity index (χ1) is 17.6. The third-order valence-electron chi connectivity index (χ3n) is 6.86. The predicted molar refractivity (Wildman–Crippen MR) is 135 cm³/mol. The Balaban J connectivity index is 1.15. The van der Waals surface area contributed by atoms with Crippen molar-refractivity contribution in [2.45, 2.75) is 38.6 Å². The van der Waals surface area contributed by atoms with E-state index in [2.05, 4.69) is 32.2 Å². The maximum atomic E-state index is 13.0. The van der Waals surface area contributed by atoms with E-state index >= 15 is 0 Å². The van der Waals surface area contributed by atoms with E-state index < -0.39 is 0 Å². The molecule has 1 aromatic heterocycles. The Bertz CT molecular complexity index is 1240. The van der Waals surface area contributed by atoms with E-state index in [-0.39, 0.29) is 37.1 Å². The Morgan fingerprint density at radius 3 is 2.64 bits per heavy atom. The van der Waals surface area contributed by atoms with Crippen LogP contribution in [0.1, 0.15) is 37.1 Å². The fourth-order valence-corrected chi connectivity index (χ4v) is 5.03. The fraction of sp³-hybridized carbons (Fsp3) is 0.370. The number of hydrogen-bond donors (Lipinski definition) is 1. The van der Waals surface area contributed by atoms with Gasteiger partial charge >= 0.3 is 0 Å². The third kappa shape index (κ3) is 5.45. The number of fused-ring (bicyclic) bond motifs is 1. The molecule has 1 saturated heterocycles. The first-order valence-electron chi connectivity index (χ1n) is 12.4. The molecule has 1 atom stereocenters. The van der Waals surface area contributed by atoms with Crippen LogP contribution in [0.2, 0.25) is 0 Å². The van der Waals surface area contributed by atoms with Crippen molar-refractivity contribution in [1.82, 2.24) is 19.7 Å². The number of amides is 3. The lowest BCUT2D eigenvalue weighted by molar-refractivity contribution is -0.134. The molecule has 36 heavy (non-hydrogen) atoms. The highest BCUT2D eigenvalue weighted by molar-refractivity contribution is 6.10. The predicted octanol–water partition coefficient (Wildman–Crippen LogP) is 2.87. The number of aromatic nitrogens is 3. The van der Waals surface area contributed by atoms with Gasteiger partial charge in [-0.1, -0.05) is 42.5 Å². The monoisotopic (exact) mass is 486 g/mol. The van der Waals surface area contributed by atoms with Gasteiger partial charge in [0.2, 0.25) is 17.7 Å². The first-order valence-corrected chi connectivity index (χ1v) is 12.4. The highest BCUT2D eigenvalue weighted by Gasteiger charge is 2.29. The van der Waals surface area contributed by atoms with Crippen LogP contribution in [0.5, 0.6) is 0 Å². The molecule has 186 valence electrons. The summed E-state index contributed by atoms with van der Waals surface area (Å²) in [7, 11) is 0. The van der Waals surface area contributed by atoms with Crippen LogP contribution >= 0.6 is 0 Å². The van der Waals surface area contributed by atoms with Crippen molar-refractivity contribution in [1.29, 1.82) is 0 Å². The van der Waals surface area contributed by atoms with Gasteiger partial charge in [0.05, 0.1) is 17.9 Å². The molecule has 9 nitrogen and oxygen atoms in total. The number of carbonyl (C=O) groups is 3. The van der Waals surface area contributed by atoms with E-state index in [1.807, 2.05) is 35.2 Å². The van der Waals surface area contributed by atoms with E-state index in [1.54, 1.807) is 18.5 Å². The summed E-state index contributed by atoms with van der Waals surface area (Å²) in [5, 5.41) is 11.2. The smallest absolute Gasteiger partial charge is 0.244 e. The van der Waals surface area contributed by atoms with E-state index in [1.165, 1.54) is 10.5 Å². The molecular weight excluding hydrogens is 456 g/mol. The van der Waals surface area contributed by atoms with Crippen LogP contribution in [0.25, 0.3) is 0 Å². The Morgan fingerprint density at radius 1 is 1.00 bits per heavy atom. The number of likely N-dealkylation sites (tertiary alicyclic amines) is 1. The van der Waals surface area contributed by atoms with Crippen molar-refractivity contribution in [3.05, 3.63) is 72.3 Å². The van der Waals surface area contributed by atoms with Crippen molar-refractivity contribution in [2.24, 2.45) is 5.92 Å². The minimum Gasteiger partial charge on any atom is -0.342 e. The highest BCUT2D eigenvalue weighted by atomic mass is 16.2. The van der Waals surface area contributed by atoms with Crippen molar-refractivity contribution in [3.63, 3.8) is 0 Å². The second kappa shape index (κ2) is 10.7. The lowest BCUT2D eigenvalue weighted by Gasteiger charge is -2.33. The molecule has 0 spiro atoms. The molecule has 3 aromatic rings. The van der Waals surface area contributed by atoms with Gasteiger partial charge in [-0.3, -0.25) is 14.4 Å². The summed E-state index contributed by atoms with van der Waals surface area (Å²) >= 11 is 0. The summed E-state index contributed by atoms with van der Waals surface area (Å²) in [6.45, 7) is 2.05. The van der Waals surface area contributed by atoms with Crippen LogP contribution in [-0.4, -0.2) is 57.0 Å². The minimum absolute atomic E-state index is 0.0199. The van der Waals surface area contributed by atoms with Gasteiger partial charge in [-0.2, -0.15) is 0 Å². The standard InChI is InChI=1S/C27H30N6O3/c34-25-18-33(23-11-5-4-10-22(23)29-25)27(36)13-12-26(35)31-14-6-9-21(17-31)15-24-30-28-19-32(24)16-20-7-2-1-3-8-20/h1-5,7-8,10-11,19,21H,6,9,12-18H2,(H,29,34). The van der Waals surface area contributed by atoms with Gasteiger partial charge in [0, 0.05) is 32.4 Å². The fourth-order valence-electron chi connectivity index (χ4n) is 5.03. The molecule has 2 aliphatic rings. The summed E-state index contributed by atoms with van der Waals surface area (Å²) in [4.78, 5) is 41.3. The number of hydrogen-bond acceptors (Lipinski definition) is 5. The molecule has 1 fully saturated rings. The minimum atomic E-state index is -0.229. The summed E-state index contributed by atoms with van der Waals surface area (Å²) in [5.74, 6) is 0.763. The van der Waals surface area contributed by atoms with Gasteiger partial charge in [0.25, 0.3) is 0 Å². The Hall–Kier alpha value is -4.01. The molecule has 1 unspecified atom stereocenters. The normalized spacial score (nSPS) is 17.4. The summed E-state index contributed by atoms with van der Waals surface area (Å²) < 4.78 is 2.07. The quantitative estimate of drug-likeness (QED) is 0.554. The Kier molecular flexibility index (Phi) is 7.06. The van der Waals surface area contributed by atoms with Crippen LogP contribution in [0.3, 0.4) is 0 Å². The number of para-hydroxylation sites is 2. The number of anilines is 2. The zero-order valence-corrected chi connectivity index (χ0v) is 20.2. The molecule has 3 amide bonds. The Labute approximate surface area is 210 Å². The number of carbonyl (C=O) groups excluding carboxylic acids is 3. The molecule has 9 heteroatoms. The van der Waals surface area contributed by atoms with E-state index in [4.69, 9.17) is 0 Å². The average Bonchev–Trinajstić information content (AvgIpc) is 3.33. The largest absolute Gasteiger partial charge is 0.342 e. The van der Waals surface area contributed by atoms with Crippen LogP contribution in [-0.2, 0) is 27.3 Å². The average molecular weight is 487 g/mol. The van der Waals surface area contributed by atoms with Crippen LogP contribution in [0, 0.1) is 5.92 Å². The maximum absolute atomic E-state index is 13.0. The number of nitrogens with one attached hydrogen (secondary N) is 1. The van der Waals surface area contributed by atoms with Gasteiger partial charge in [0.15, 0.2) is 0 Å². The van der Waals surface area contributed by atoms with Gasteiger partial charge in [-0.15, -0.1) is 10.2 Å². The second-order valence-corrected chi connectivity index (χ2v) is 9.46.